The molecule has 3 N–H and O–H groups in total. The molecule has 0 bridgehead atoms. The van der Waals surface area contributed by atoms with Gasteiger partial charge in [0.15, 0.2) is 0 Å². The Bertz CT molecular complexity index is 599. The summed E-state index contributed by atoms with van der Waals surface area (Å²) in [5.74, 6) is -0.294. The molecule has 98 valence electrons. The highest BCUT2D eigenvalue weighted by Crippen LogP contribution is 2.29. The minimum atomic E-state index is -1.06. The van der Waals surface area contributed by atoms with E-state index in [1.165, 1.54) is 24.0 Å². The number of pyridine rings is 1. The van der Waals surface area contributed by atoms with Crippen LogP contribution in [0.25, 0.3) is 0 Å². The number of carbonyl (C=O) groups is 1. The summed E-state index contributed by atoms with van der Waals surface area (Å²) in [6.45, 7) is 0. The van der Waals surface area contributed by atoms with Crippen molar-refractivity contribution in [2.24, 2.45) is 0 Å². The summed E-state index contributed by atoms with van der Waals surface area (Å²) >= 11 is 1.36. The third-order valence-electron chi connectivity index (χ3n) is 2.42. The Kier molecular flexibility index (Phi) is 3.91. The molecule has 2 rings (SSSR count). The Labute approximate surface area is 114 Å². The van der Waals surface area contributed by atoms with Gasteiger partial charge in [-0.3, -0.25) is 0 Å². The normalized spacial score (nSPS) is 10.2. The maximum Gasteiger partial charge on any atom is 0.337 e. The monoisotopic (exact) mass is 276 g/mol. The highest BCUT2D eigenvalue weighted by Gasteiger charge is 2.10. The number of aromatic carboxylic acids is 1. The zero-order chi connectivity index (χ0) is 13.8. The summed E-state index contributed by atoms with van der Waals surface area (Å²) in [6.07, 6.45) is 1.36. The minimum absolute atomic E-state index is 0.0611. The average Bonchev–Trinajstić information content (AvgIpc) is 2.41. The summed E-state index contributed by atoms with van der Waals surface area (Å²) in [6, 6.07) is 8.88. The van der Waals surface area contributed by atoms with Gasteiger partial charge in [0.25, 0.3) is 0 Å². The number of benzene rings is 1. The van der Waals surface area contributed by atoms with Crippen molar-refractivity contribution in [3.8, 4) is 5.75 Å². The molecule has 0 radical (unpaired) electrons. The van der Waals surface area contributed by atoms with E-state index in [0.717, 1.165) is 10.6 Å². The number of ether oxygens (including phenoxy) is 1. The van der Waals surface area contributed by atoms with E-state index in [1.54, 1.807) is 7.11 Å². The predicted molar refractivity (Wildman–Crippen MR) is 72.7 cm³/mol. The van der Waals surface area contributed by atoms with Gasteiger partial charge in [-0.05, 0) is 30.3 Å². The molecular weight excluding hydrogens is 264 g/mol. The van der Waals surface area contributed by atoms with Gasteiger partial charge in [-0.25, -0.2) is 9.78 Å². The molecule has 0 fully saturated rings. The van der Waals surface area contributed by atoms with Gasteiger partial charge in [0, 0.05) is 4.90 Å². The second kappa shape index (κ2) is 5.62. The molecule has 0 saturated heterocycles. The number of nitrogen functional groups attached to an aromatic ring is 1. The van der Waals surface area contributed by atoms with Crippen molar-refractivity contribution < 1.29 is 14.6 Å². The fourth-order valence-corrected chi connectivity index (χ4v) is 2.25. The highest BCUT2D eigenvalue weighted by molar-refractivity contribution is 7.99. The number of aromatic nitrogens is 1. The molecule has 0 aliphatic carbocycles. The van der Waals surface area contributed by atoms with Crippen LogP contribution in [0.5, 0.6) is 5.75 Å². The van der Waals surface area contributed by atoms with Crippen molar-refractivity contribution in [1.82, 2.24) is 4.98 Å². The lowest BCUT2D eigenvalue weighted by molar-refractivity contribution is 0.0697. The lowest BCUT2D eigenvalue weighted by Gasteiger charge is -2.05. The molecule has 1 aromatic heterocycles. The Morgan fingerprint density at radius 1 is 1.37 bits per heavy atom. The SMILES string of the molecule is COc1ccc(Sc2cc(C(=O)O)c(N)cn2)cc1. The topological polar surface area (TPSA) is 85.4 Å². The van der Waals surface area contributed by atoms with E-state index in [-0.39, 0.29) is 11.3 Å². The lowest BCUT2D eigenvalue weighted by Crippen LogP contribution is -2.03. The van der Waals surface area contributed by atoms with Crippen molar-refractivity contribution in [3.63, 3.8) is 0 Å². The molecule has 2 aromatic rings. The van der Waals surface area contributed by atoms with Crippen LogP contribution in [-0.4, -0.2) is 23.2 Å². The van der Waals surface area contributed by atoms with Crippen molar-refractivity contribution in [2.45, 2.75) is 9.92 Å². The van der Waals surface area contributed by atoms with Crippen LogP contribution in [0.1, 0.15) is 10.4 Å². The number of nitrogens with two attached hydrogens (primary N) is 1. The summed E-state index contributed by atoms with van der Waals surface area (Å²) < 4.78 is 5.07. The number of hydrogen-bond donors (Lipinski definition) is 2. The molecule has 1 heterocycles. The Morgan fingerprint density at radius 2 is 2.05 bits per heavy atom. The van der Waals surface area contributed by atoms with E-state index in [1.807, 2.05) is 24.3 Å². The first-order chi connectivity index (χ1) is 9.10. The lowest BCUT2D eigenvalue weighted by atomic mass is 10.2. The van der Waals surface area contributed by atoms with Gasteiger partial charge >= 0.3 is 5.97 Å². The van der Waals surface area contributed by atoms with Gasteiger partial charge in [-0.15, -0.1) is 0 Å². The van der Waals surface area contributed by atoms with Crippen molar-refractivity contribution >= 4 is 23.4 Å². The second-order valence-corrected chi connectivity index (χ2v) is 4.79. The van der Waals surface area contributed by atoms with E-state index >= 15 is 0 Å². The summed E-state index contributed by atoms with van der Waals surface area (Å²) in [5, 5.41) is 9.57. The quantitative estimate of drug-likeness (QED) is 0.892. The smallest absolute Gasteiger partial charge is 0.337 e. The van der Waals surface area contributed by atoms with Crippen LogP contribution in [-0.2, 0) is 0 Å². The van der Waals surface area contributed by atoms with Crippen LogP contribution in [0.4, 0.5) is 5.69 Å². The van der Waals surface area contributed by atoms with E-state index in [9.17, 15) is 4.79 Å². The van der Waals surface area contributed by atoms with Gasteiger partial charge in [-0.1, -0.05) is 11.8 Å². The molecule has 5 nitrogen and oxygen atoms in total. The van der Waals surface area contributed by atoms with E-state index in [2.05, 4.69) is 4.98 Å². The van der Waals surface area contributed by atoms with Crippen LogP contribution in [0, 0.1) is 0 Å². The summed E-state index contributed by atoms with van der Waals surface area (Å²) in [4.78, 5) is 16.0. The first-order valence-electron chi connectivity index (χ1n) is 5.41. The van der Waals surface area contributed by atoms with E-state index in [4.69, 9.17) is 15.6 Å². The van der Waals surface area contributed by atoms with Crippen molar-refractivity contribution in [2.75, 3.05) is 12.8 Å². The second-order valence-electron chi connectivity index (χ2n) is 3.69. The molecule has 0 unspecified atom stereocenters. The number of carboxylic acid groups (broad SMARTS) is 1. The third kappa shape index (κ3) is 3.17. The van der Waals surface area contributed by atoms with Crippen LogP contribution in [0.3, 0.4) is 0 Å². The molecule has 0 atom stereocenters. The first kappa shape index (κ1) is 13.2. The number of anilines is 1. The van der Waals surface area contributed by atoms with Crippen molar-refractivity contribution in [3.05, 3.63) is 42.1 Å². The first-order valence-corrected chi connectivity index (χ1v) is 6.22. The minimum Gasteiger partial charge on any atom is -0.497 e. The Morgan fingerprint density at radius 3 is 2.63 bits per heavy atom. The molecule has 19 heavy (non-hydrogen) atoms. The molecule has 0 aliphatic rings. The number of carboxylic acids is 1. The standard InChI is InChI=1S/C13H12N2O3S/c1-18-8-2-4-9(5-3-8)19-12-6-10(13(16)17)11(14)7-15-12/h2-7H,14H2,1H3,(H,16,17). The molecule has 0 amide bonds. The van der Waals surface area contributed by atoms with Crippen LogP contribution in [0.15, 0.2) is 46.5 Å². The van der Waals surface area contributed by atoms with Crippen LogP contribution in [0.2, 0.25) is 0 Å². The van der Waals surface area contributed by atoms with Crippen LogP contribution < -0.4 is 10.5 Å². The zero-order valence-electron chi connectivity index (χ0n) is 10.2. The van der Waals surface area contributed by atoms with E-state index in [0.29, 0.717) is 5.03 Å². The molecular formula is C13H12N2O3S. The van der Waals surface area contributed by atoms with Crippen molar-refractivity contribution in [1.29, 1.82) is 0 Å². The van der Waals surface area contributed by atoms with Gasteiger partial charge < -0.3 is 15.6 Å². The summed E-state index contributed by atoms with van der Waals surface area (Å²) in [5.41, 5.74) is 5.77. The molecule has 0 saturated carbocycles. The number of methoxy groups -OCH3 is 1. The van der Waals surface area contributed by atoms with Crippen LogP contribution >= 0.6 is 11.8 Å². The number of nitrogens with zero attached hydrogens (tertiary/aromatic N) is 1. The van der Waals surface area contributed by atoms with Gasteiger partial charge in [-0.2, -0.15) is 0 Å². The predicted octanol–water partition coefficient (Wildman–Crippen LogP) is 2.52. The van der Waals surface area contributed by atoms with E-state index < -0.39 is 5.97 Å². The third-order valence-corrected chi connectivity index (χ3v) is 3.36. The maximum absolute atomic E-state index is 11.0. The fraction of sp³-hybridized carbons (Fsp3) is 0.0769. The Hall–Kier alpha value is -2.21. The van der Waals surface area contributed by atoms with Gasteiger partial charge in [0.05, 0.1) is 24.6 Å². The number of rotatable bonds is 4. The average molecular weight is 276 g/mol. The molecule has 6 heteroatoms. The summed E-state index contributed by atoms with van der Waals surface area (Å²) in [7, 11) is 1.60. The molecule has 1 aromatic carbocycles. The molecule has 0 spiro atoms. The largest absolute Gasteiger partial charge is 0.497 e. The highest BCUT2D eigenvalue weighted by atomic mass is 32.2. The zero-order valence-corrected chi connectivity index (χ0v) is 11.0. The number of hydrogen-bond acceptors (Lipinski definition) is 5. The Balaban J connectivity index is 2.22. The van der Waals surface area contributed by atoms with Gasteiger partial charge in [0.1, 0.15) is 10.8 Å². The van der Waals surface area contributed by atoms with Gasteiger partial charge in [0.2, 0.25) is 0 Å². The molecule has 0 aliphatic heterocycles. The fourth-order valence-electron chi connectivity index (χ4n) is 1.45. The maximum atomic E-state index is 11.0.